The molecule has 0 spiro atoms. The maximum Gasteiger partial charge on any atom is 0.0909 e. The van der Waals surface area contributed by atoms with Crippen LogP contribution < -0.4 is 0 Å². The van der Waals surface area contributed by atoms with Crippen LogP contribution in [0.25, 0.3) is 0 Å². The summed E-state index contributed by atoms with van der Waals surface area (Å²) >= 11 is 9.90. The molecule has 0 saturated carbocycles. The van der Waals surface area contributed by atoms with Crippen molar-refractivity contribution in [2.45, 2.75) is 30.9 Å². The number of rotatable bonds is 2. The number of allylic oxidation sites excluding steroid dienone is 1. The first kappa shape index (κ1) is 14.6. The van der Waals surface area contributed by atoms with E-state index in [1.54, 1.807) is 0 Å². The Morgan fingerprint density at radius 1 is 1.40 bits per heavy atom. The van der Waals surface area contributed by atoms with Crippen molar-refractivity contribution in [3.63, 3.8) is 0 Å². The first-order valence-electron chi connectivity index (χ1n) is 6.97. The molecule has 5 atom stereocenters. The summed E-state index contributed by atoms with van der Waals surface area (Å²) in [5.74, 6) is 0.602. The van der Waals surface area contributed by atoms with Crippen molar-refractivity contribution in [1.29, 1.82) is 0 Å². The second-order valence-corrected chi connectivity index (χ2v) is 7.04. The van der Waals surface area contributed by atoms with E-state index in [2.05, 4.69) is 28.9 Å². The van der Waals surface area contributed by atoms with Gasteiger partial charge in [0.25, 0.3) is 0 Å². The normalized spacial score (nSPS) is 36.6. The lowest BCUT2D eigenvalue weighted by atomic mass is 9.74. The highest BCUT2D eigenvalue weighted by atomic mass is 79.9. The van der Waals surface area contributed by atoms with Crippen molar-refractivity contribution < 1.29 is 9.84 Å². The van der Waals surface area contributed by atoms with Gasteiger partial charge in [-0.15, -0.1) is 11.6 Å². The smallest absolute Gasteiger partial charge is 0.0909 e. The Balaban J connectivity index is 2.01. The summed E-state index contributed by atoms with van der Waals surface area (Å²) in [5.41, 5.74) is 2.17. The molecule has 4 heteroatoms. The lowest BCUT2D eigenvalue weighted by Gasteiger charge is -2.31. The standard InChI is InChI=1S/C16H18BrClO2/c1-9-13-7-11(18)6-10(8-19)15(13)16(20-9)12-4-2-3-5-14(12)17/h2-6,9,11,13,15-16,19H,7-8H2,1H3/t9-,11+,13+,15+,16+/m0/s1. The lowest BCUT2D eigenvalue weighted by Crippen LogP contribution is -2.29. The summed E-state index contributed by atoms with van der Waals surface area (Å²) in [6.07, 6.45) is 3.08. The molecule has 2 aliphatic rings. The van der Waals surface area contributed by atoms with Gasteiger partial charge in [-0.25, -0.2) is 0 Å². The SMILES string of the molecule is C[C@@H]1O[C@H](c2ccccc2Br)[C@@H]2C(CO)=C[C@@H](Cl)C[C@@H]21. The number of aliphatic hydroxyl groups excluding tert-OH is 1. The van der Waals surface area contributed by atoms with E-state index in [0.29, 0.717) is 5.92 Å². The van der Waals surface area contributed by atoms with Gasteiger partial charge in [0.1, 0.15) is 0 Å². The molecule has 1 N–H and O–H groups in total. The number of halogens is 2. The average molecular weight is 358 g/mol. The van der Waals surface area contributed by atoms with E-state index in [9.17, 15) is 5.11 Å². The summed E-state index contributed by atoms with van der Waals surface area (Å²) in [5, 5.41) is 9.68. The van der Waals surface area contributed by atoms with E-state index < -0.39 is 0 Å². The Bertz CT molecular complexity index is 531. The van der Waals surface area contributed by atoms with Gasteiger partial charge in [-0.3, -0.25) is 0 Å². The van der Waals surface area contributed by atoms with Gasteiger partial charge in [0.05, 0.1) is 24.2 Å². The number of hydrogen-bond acceptors (Lipinski definition) is 2. The Kier molecular flexibility index (Phi) is 4.23. The van der Waals surface area contributed by atoms with Gasteiger partial charge in [0, 0.05) is 10.4 Å². The minimum absolute atomic E-state index is 0.00224. The number of ether oxygens (including phenoxy) is 1. The molecule has 1 aliphatic carbocycles. The monoisotopic (exact) mass is 356 g/mol. The van der Waals surface area contributed by atoms with Crippen LogP contribution in [0.15, 0.2) is 40.4 Å². The summed E-state index contributed by atoms with van der Waals surface area (Å²) in [6.45, 7) is 2.17. The van der Waals surface area contributed by atoms with Crippen LogP contribution in [0.5, 0.6) is 0 Å². The highest BCUT2D eigenvalue weighted by Gasteiger charge is 2.47. The molecule has 3 rings (SSSR count). The second kappa shape index (κ2) is 5.80. The Morgan fingerprint density at radius 3 is 2.85 bits per heavy atom. The zero-order chi connectivity index (χ0) is 14.3. The van der Waals surface area contributed by atoms with Crippen molar-refractivity contribution in [3.8, 4) is 0 Å². The van der Waals surface area contributed by atoms with E-state index >= 15 is 0 Å². The third-order valence-electron chi connectivity index (χ3n) is 4.47. The Morgan fingerprint density at radius 2 is 2.15 bits per heavy atom. The molecule has 1 fully saturated rings. The van der Waals surface area contributed by atoms with Gasteiger partial charge in [-0.2, -0.15) is 0 Å². The van der Waals surface area contributed by atoms with Crippen molar-refractivity contribution in [3.05, 3.63) is 46.0 Å². The maximum absolute atomic E-state index is 9.68. The lowest BCUT2D eigenvalue weighted by molar-refractivity contribution is 0.0397. The van der Waals surface area contributed by atoms with Crippen LogP contribution >= 0.6 is 27.5 Å². The van der Waals surface area contributed by atoms with Gasteiger partial charge in [0.2, 0.25) is 0 Å². The maximum atomic E-state index is 9.68. The second-order valence-electron chi connectivity index (χ2n) is 5.62. The predicted octanol–water partition coefficient (Wildman–Crippen LogP) is 4.07. The molecule has 0 amide bonds. The predicted molar refractivity (Wildman–Crippen MR) is 83.8 cm³/mol. The van der Waals surface area contributed by atoms with E-state index in [-0.39, 0.29) is 30.1 Å². The highest BCUT2D eigenvalue weighted by molar-refractivity contribution is 9.10. The third-order valence-corrected chi connectivity index (χ3v) is 5.49. The molecule has 1 aliphatic heterocycles. The minimum Gasteiger partial charge on any atom is -0.392 e. The van der Waals surface area contributed by atoms with Gasteiger partial charge in [-0.05, 0) is 36.5 Å². The van der Waals surface area contributed by atoms with Crippen LogP contribution in [0, 0.1) is 11.8 Å². The van der Waals surface area contributed by atoms with Crippen LogP contribution in [0.4, 0.5) is 0 Å². The van der Waals surface area contributed by atoms with Gasteiger partial charge in [-0.1, -0.05) is 40.2 Å². The third kappa shape index (κ3) is 2.45. The Hall–Kier alpha value is -0.350. The van der Waals surface area contributed by atoms with E-state index in [1.165, 1.54) is 0 Å². The number of aliphatic hydroxyl groups is 1. The van der Waals surface area contributed by atoms with E-state index in [4.69, 9.17) is 16.3 Å². The quantitative estimate of drug-likeness (QED) is 0.638. The summed E-state index contributed by atoms with van der Waals surface area (Å²) in [6, 6.07) is 8.15. The number of hydrogen-bond donors (Lipinski definition) is 1. The zero-order valence-electron chi connectivity index (χ0n) is 11.3. The molecule has 1 heterocycles. The van der Waals surface area contributed by atoms with Crippen LogP contribution in [-0.2, 0) is 4.74 Å². The summed E-state index contributed by atoms with van der Waals surface area (Å²) < 4.78 is 7.27. The fraction of sp³-hybridized carbons (Fsp3) is 0.500. The Labute approximate surface area is 132 Å². The average Bonchev–Trinajstić information content (AvgIpc) is 2.76. The van der Waals surface area contributed by atoms with Crippen molar-refractivity contribution in [2.24, 2.45) is 11.8 Å². The molecule has 0 unspecified atom stereocenters. The molecule has 0 aromatic heterocycles. The molecule has 1 aromatic carbocycles. The largest absolute Gasteiger partial charge is 0.392 e. The molecule has 1 aromatic rings. The van der Waals surface area contributed by atoms with Crippen molar-refractivity contribution in [2.75, 3.05) is 6.61 Å². The van der Waals surface area contributed by atoms with Crippen LogP contribution in [-0.4, -0.2) is 23.2 Å². The van der Waals surface area contributed by atoms with E-state index in [1.807, 2.05) is 24.3 Å². The molecular formula is C16H18BrClO2. The fourth-order valence-corrected chi connectivity index (χ4v) is 4.42. The van der Waals surface area contributed by atoms with Gasteiger partial charge >= 0.3 is 0 Å². The molecule has 2 nitrogen and oxygen atoms in total. The van der Waals surface area contributed by atoms with Crippen LogP contribution in [0.3, 0.4) is 0 Å². The molecule has 1 saturated heterocycles. The fourth-order valence-electron chi connectivity index (χ4n) is 3.54. The van der Waals surface area contributed by atoms with E-state index in [0.717, 1.165) is 22.0 Å². The number of fused-ring (bicyclic) bond motifs is 1. The van der Waals surface area contributed by atoms with Crippen LogP contribution in [0.1, 0.15) is 25.0 Å². The van der Waals surface area contributed by atoms with Crippen LogP contribution in [0.2, 0.25) is 0 Å². The molecule has 0 bridgehead atoms. The first-order valence-corrected chi connectivity index (χ1v) is 8.20. The molecule has 20 heavy (non-hydrogen) atoms. The van der Waals surface area contributed by atoms with Gasteiger partial charge < -0.3 is 9.84 Å². The number of benzene rings is 1. The van der Waals surface area contributed by atoms with Crippen molar-refractivity contribution >= 4 is 27.5 Å². The topological polar surface area (TPSA) is 29.5 Å². The first-order chi connectivity index (χ1) is 9.61. The zero-order valence-corrected chi connectivity index (χ0v) is 13.6. The minimum atomic E-state index is -0.00635. The molecular weight excluding hydrogens is 340 g/mol. The molecule has 108 valence electrons. The summed E-state index contributed by atoms with van der Waals surface area (Å²) in [4.78, 5) is 0. The van der Waals surface area contributed by atoms with Gasteiger partial charge in [0.15, 0.2) is 0 Å². The number of alkyl halides is 1. The molecule has 0 radical (unpaired) electrons. The van der Waals surface area contributed by atoms with Crippen molar-refractivity contribution in [1.82, 2.24) is 0 Å². The highest BCUT2D eigenvalue weighted by Crippen LogP contribution is 2.51. The summed E-state index contributed by atoms with van der Waals surface area (Å²) in [7, 11) is 0.